The Morgan fingerprint density at radius 2 is 1.43 bits per heavy atom. The van der Waals surface area contributed by atoms with Crippen molar-refractivity contribution in [1.82, 2.24) is 10.2 Å². The molecule has 0 saturated heterocycles. The molecule has 0 fully saturated rings. The Kier molecular flexibility index (Phi) is 9.52. The molecule has 0 spiro atoms. The first-order valence-corrected chi connectivity index (χ1v) is 15.7. The van der Waals surface area contributed by atoms with Crippen LogP contribution in [-0.2, 0) is 24.2 Å². The predicted octanol–water partition coefficient (Wildman–Crippen LogP) is 5.17. The molecule has 0 aromatic heterocycles. The van der Waals surface area contributed by atoms with E-state index in [9.17, 15) is 19.8 Å². The SMILES string of the molecule is COc1cc2c(cc1OC)CN(C(=O)C(O)C(O)[C@H](Cc1ccc(-c3ccccc3)cc1)NC(=O)c1cccc3ccccc13)CC2. The maximum atomic E-state index is 13.7. The highest BCUT2D eigenvalue weighted by Crippen LogP contribution is 2.33. The van der Waals surface area contributed by atoms with Crippen LogP contribution in [0.3, 0.4) is 0 Å². The third-order valence-corrected chi connectivity index (χ3v) is 8.89. The number of fused-ring (bicyclic) bond motifs is 2. The summed E-state index contributed by atoms with van der Waals surface area (Å²) in [5.74, 6) is 0.153. The van der Waals surface area contributed by atoms with E-state index >= 15 is 0 Å². The highest BCUT2D eigenvalue weighted by Gasteiger charge is 2.36. The van der Waals surface area contributed by atoms with E-state index in [0.717, 1.165) is 38.6 Å². The normalized spacial score (nSPS) is 14.5. The molecule has 0 radical (unpaired) electrons. The molecule has 47 heavy (non-hydrogen) atoms. The van der Waals surface area contributed by atoms with Crippen LogP contribution in [0, 0.1) is 0 Å². The number of nitrogens with one attached hydrogen (secondary N) is 1. The van der Waals surface area contributed by atoms with E-state index < -0.39 is 30.1 Å². The molecule has 8 nitrogen and oxygen atoms in total. The molecule has 240 valence electrons. The number of aliphatic hydroxyl groups excluding tert-OH is 2. The first-order valence-electron chi connectivity index (χ1n) is 15.7. The number of carbonyl (C=O) groups excluding carboxylic acids is 2. The molecule has 3 atom stereocenters. The topological polar surface area (TPSA) is 108 Å². The Hall–Kier alpha value is -5.18. The summed E-state index contributed by atoms with van der Waals surface area (Å²) < 4.78 is 10.9. The van der Waals surface area contributed by atoms with Crippen molar-refractivity contribution in [2.75, 3.05) is 20.8 Å². The van der Waals surface area contributed by atoms with Crippen LogP contribution >= 0.6 is 0 Å². The van der Waals surface area contributed by atoms with Crippen LogP contribution in [0.15, 0.2) is 109 Å². The van der Waals surface area contributed by atoms with Crippen LogP contribution in [0.1, 0.15) is 27.0 Å². The fourth-order valence-electron chi connectivity index (χ4n) is 6.27. The Morgan fingerprint density at radius 3 is 2.15 bits per heavy atom. The van der Waals surface area contributed by atoms with Crippen molar-refractivity contribution in [2.45, 2.75) is 37.6 Å². The first kappa shape index (κ1) is 31.8. The van der Waals surface area contributed by atoms with Crippen molar-refractivity contribution < 1.29 is 29.3 Å². The van der Waals surface area contributed by atoms with E-state index in [2.05, 4.69) is 5.32 Å². The largest absolute Gasteiger partial charge is 0.493 e. The Morgan fingerprint density at radius 1 is 0.787 bits per heavy atom. The summed E-state index contributed by atoms with van der Waals surface area (Å²) in [4.78, 5) is 28.9. The summed E-state index contributed by atoms with van der Waals surface area (Å²) in [7, 11) is 3.13. The average molecular weight is 631 g/mol. The van der Waals surface area contributed by atoms with Crippen molar-refractivity contribution in [1.29, 1.82) is 0 Å². The lowest BCUT2D eigenvalue weighted by Crippen LogP contribution is -2.55. The monoisotopic (exact) mass is 630 g/mol. The van der Waals surface area contributed by atoms with E-state index in [1.54, 1.807) is 20.3 Å². The van der Waals surface area contributed by atoms with Gasteiger partial charge in [0.25, 0.3) is 11.8 Å². The quantitative estimate of drug-likeness (QED) is 0.197. The van der Waals surface area contributed by atoms with E-state index in [0.29, 0.717) is 30.0 Å². The smallest absolute Gasteiger partial charge is 0.254 e. The lowest BCUT2D eigenvalue weighted by molar-refractivity contribution is -0.148. The van der Waals surface area contributed by atoms with Gasteiger partial charge in [-0.25, -0.2) is 0 Å². The fourth-order valence-corrected chi connectivity index (χ4v) is 6.27. The molecule has 0 saturated carbocycles. The van der Waals surface area contributed by atoms with Crippen molar-refractivity contribution in [2.24, 2.45) is 0 Å². The molecule has 8 heteroatoms. The van der Waals surface area contributed by atoms with Gasteiger partial charge in [0.05, 0.1) is 20.3 Å². The van der Waals surface area contributed by atoms with Gasteiger partial charge >= 0.3 is 0 Å². The summed E-state index contributed by atoms with van der Waals surface area (Å²) in [6, 6.07) is 33.6. The van der Waals surface area contributed by atoms with Gasteiger partial charge in [0.15, 0.2) is 17.6 Å². The zero-order valence-electron chi connectivity index (χ0n) is 26.4. The third kappa shape index (κ3) is 6.84. The molecule has 5 aromatic rings. The van der Waals surface area contributed by atoms with E-state index in [1.165, 1.54) is 4.90 Å². The molecule has 2 amide bonds. The summed E-state index contributed by atoms with van der Waals surface area (Å²) in [5, 5.41) is 27.5. The van der Waals surface area contributed by atoms with Gasteiger partial charge in [0.1, 0.15) is 6.10 Å². The molecule has 1 aliphatic heterocycles. The molecule has 6 rings (SSSR count). The lowest BCUT2D eigenvalue weighted by Gasteiger charge is -2.34. The zero-order chi connectivity index (χ0) is 32.9. The average Bonchev–Trinajstić information content (AvgIpc) is 3.13. The van der Waals surface area contributed by atoms with Gasteiger partial charge in [-0.15, -0.1) is 0 Å². The van der Waals surface area contributed by atoms with Gasteiger partial charge in [-0.2, -0.15) is 0 Å². The highest BCUT2D eigenvalue weighted by atomic mass is 16.5. The molecule has 1 aliphatic rings. The van der Waals surface area contributed by atoms with Gasteiger partial charge in [-0.05, 0) is 69.6 Å². The van der Waals surface area contributed by atoms with Crippen LogP contribution in [0.2, 0.25) is 0 Å². The van der Waals surface area contributed by atoms with E-state index in [4.69, 9.17) is 9.47 Å². The maximum Gasteiger partial charge on any atom is 0.254 e. The second-order valence-electron chi connectivity index (χ2n) is 11.8. The van der Waals surface area contributed by atoms with E-state index in [-0.39, 0.29) is 13.0 Å². The number of nitrogens with zero attached hydrogens (tertiary/aromatic N) is 1. The molecule has 0 aliphatic carbocycles. The molecule has 5 aromatic carbocycles. The number of hydrogen-bond donors (Lipinski definition) is 3. The van der Waals surface area contributed by atoms with Gasteiger partial charge in [-0.3, -0.25) is 9.59 Å². The summed E-state index contributed by atoms with van der Waals surface area (Å²) in [5.41, 5.74) is 5.28. The molecule has 0 bridgehead atoms. The number of hydrogen-bond acceptors (Lipinski definition) is 6. The van der Waals surface area contributed by atoms with Gasteiger partial charge < -0.3 is 29.9 Å². The predicted molar refractivity (Wildman–Crippen MR) is 181 cm³/mol. The van der Waals surface area contributed by atoms with Gasteiger partial charge in [-0.1, -0.05) is 91.0 Å². The molecular formula is C39H38N2O6. The Bertz CT molecular complexity index is 1870. The second kappa shape index (κ2) is 14.1. The number of aliphatic hydroxyl groups is 2. The van der Waals surface area contributed by atoms with Crippen molar-refractivity contribution >= 4 is 22.6 Å². The molecule has 1 heterocycles. The van der Waals surface area contributed by atoms with Crippen LogP contribution in [0.4, 0.5) is 0 Å². The number of rotatable bonds is 10. The zero-order valence-corrected chi connectivity index (χ0v) is 26.4. The number of benzene rings is 5. The second-order valence-corrected chi connectivity index (χ2v) is 11.8. The molecule has 2 unspecified atom stereocenters. The van der Waals surface area contributed by atoms with Gasteiger partial charge in [0, 0.05) is 18.7 Å². The van der Waals surface area contributed by atoms with E-state index in [1.807, 2.05) is 103 Å². The Balaban J connectivity index is 1.24. The maximum absolute atomic E-state index is 13.7. The highest BCUT2D eigenvalue weighted by molar-refractivity contribution is 6.07. The Labute approximate surface area is 274 Å². The summed E-state index contributed by atoms with van der Waals surface area (Å²) >= 11 is 0. The number of ether oxygens (including phenoxy) is 2. The van der Waals surface area contributed by atoms with Crippen molar-refractivity contribution in [3.63, 3.8) is 0 Å². The lowest BCUT2D eigenvalue weighted by atomic mass is 9.94. The number of carbonyl (C=O) groups is 2. The van der Waals surface area contributed by atoms with Crippen LogP contribution in [-0.4, -0.2) is 65.9 Å². The summed E-state index contributed by atoms with van der Waals surface area (Å²) in [6.07, 6.45) is -2.60. The van der Waals surface area contributed by atoms with Crippen molar-refractivity contribution in [3.8, 4) is 22.6 Å². The number of methoxy groups -OCH3 is 2. The van der Waals surface area contributed by atoms with Gasteiger partial charge in [0.2, 0.25) is 0 Å². The minimum Gasteiger partial charge on any atom is -0.493 e. The molecular weight excluding hydrogens is 592 g/mol. The van der Waals surface area contributed by atoms with Crippen LogP contribution < -0.4 is 14.8 Å². The van der Waals surface area contributed by atoms with Crippen LogP contribution in [0.25, 0.3) is 21.9 Å². The minimum atomic E-state index is -1.77. The first-order chi connectivity index (χ1) is 22.9. The van der Waals surface area contributed by atoms with Crippen molar-refractivity contribution in [3.05, 3.63) is 131 Å². The van der Waals surface area contributed by atoms with Crippen LogP contribution in [0.5, 0.6) is 11.5 Å². The summed E-state index contributed by atoms with van der Waals surface area (Å²) in [6.45, 7) is 0.603. The fraction of sp³-hybridized carbons (Fsp3) is 0.231. The number of amides is 2. The molecule has 3 N–H and O–H groups in total. The standard InChI is InChI=1S/C39H38N2O6/c1-46-34-22-29-19-20-41(24-30(29)23-35(34)47-2)39(45)37(43)36(42)33(21-25-15-17-27(18-16-25)26-9-4-3-5-10-26)40-38(44)32-14-8-12-28-11-6-7-13-31(28)32/h3-18,22-23,33,36-37,42-43H,19-21,24H2,1-2H3,(H,40,44)/t33-,36?,37?/m0/s1. The third-order valence-electron chi connectivity index (χ3n) is 8.89. The minimum absolute atomic E-state index is 0.191.